The highest BCUT2D eigenvalue weighted by molar-refractivity contribution is 7.99. The van der Waals surface area contributed by atoms with E-state index in [0.29, 0.717) is 16.9 Å². The monoisotopic (exact) mass is 317 g/mol. The first-order valence-electron chi connectivity index (χ1n) is 6.08. The van der Waals surface area contributed by atoms with Crippen LogP contribution in [0, 0.1) is 0 Å². The van der Waals surface area contributed by atoms with Gasteiger partial charge in [-0.05, 0) is 24.3 Å². The predicted octanol–water partition coefficient (Wildman–Crippen LogP) is 2.40. The number of amides is 1. The highest BCUT2D eigenvalue weighted by Crippen LogP contribution is 2.22. The van der Waals surface area contributed by atoms with Gasteiger partial charge in [-0.25, -0.2) is 4.98 Å². The van der Waals surface area contributed by atoms with Gasteiger partial charge in [-0.2, -0.15) is 8.75 Å². The number of aromatic nitrogens is 3. The molecule has 3 aromatic rings. The average molecular weight is 317 g/mol. The Morgan fingerprint density at radius 3 is 3.00 bits per heavy atom. The van der Waals surface area contributed by atoms with Crippen molar-refractivity contribution in [3.63, 3.8) is 0 Å². The van der Waals surface area contributed by atoms with Crippen LogP contribution in [0.4, 0.5) is 11.4 Å². The summed E-state index contributed by atoms with van der Waals surface area (Å²) in [6.07, 6.45) is 1.57. The van der Waals surface area contributed by atoms with Gasteiger partial charge in [0.25, 0.3) is 0 Å². The molecule has 0 saturated carbocycles. The molecule has 8 heteroatoms. The van der Waals surface area contributed by atoms with Crippen molar-refractivity contribution in [2.75, 3.05) is 16.8 Å². The lowest BCUT2D eigenvalue weighted by Gasteiger charge is -2.05. The fourth-order valence-electron chi connectivity index (χ4n) is 1.71. The van der Waals surface area contributed by atoms with E-state index in [4.69, 9.17) is 5.73 Å². The summed E-state index contributed by atoms with van der Waals surface area (Å²) in [4.78, 5) is 16.1. The summed E-state index contributed by atoms with van der Waals surface area (Å²) in [6, 6.07) is 9.07. The second-order valence-corrected chi connectivity index (χ2v) is 5.73. The smallest absolute Gasteiger partial charge is 0.234 e. The number of nitrogens with zero attached hydrogens (tertiary/aromatic N) is 3. The van der Waals surface area contributed by atoms with Gasteiger partial charge in [0.05, 0.1) is 40.1 Å². The van der Waals surface area contributed by atoms with Crippen LogP contribution in [0.25, 0.3) is 11.0 Å². The average Bonchev–Trinajstić information content (AvgIpc) is 2.96. The molecule has 0 aliphatic rings. The Morgan fingerprint density at radius 1 is 1.29 bits per heavy atom. The molecule has 0 radical (unpaired) electrons. The Labute approximate surface area is 129 Å². The van der Waals surface area contributed by atoms with E-state index < -0.39 is 0 Å². The maximum atomic E-state index is 12.0. The summed E-state index contributed by atoms with van der Waals surface area (Å²) in [5.74, 6) is 0.157. The van der Waals surface area contributed by atoms with E-state index in [2.05, 4.69) is 19.0 Å². The molecule has 1 aromatic carbocycles. The molecule has 0 atom stereocenters. The molecule has 0 saturated heterocycles. The summed E-state index contributed by atoms with van der Waals surface area (Å²) in [7, 11) is 0. The maximum Gasteiger partial charge on any atom is 0.234 e. The normalized spacial score (nSPS) is 10.7. The molecular formula is C13H11N5OS2. The number of nitrogen functional groups attached to an aromatic ring is 1. The third-order valence-electron chi connectivity index (χ3n) is 2.67. The summed E-state index contributed by atoms with van der Waals surface area (Å²) in [5, 5.41) is 3.60. The fraction of sp³-hybridized carbons (Fsp3) is 0.0769. The highest BCUT2D eigenvalue weighted by atomic mass is 32.2. The van der Waals surface area contributed by atoms with E-state index in [0.717, 1.165) is 22.3 Å². The summed E-state index contributed by atoms with van der Waals surface area (Å²) >= 11 is 2.48. The van der Waals surface area contributed by atoms with E-state index in [1.807, 2.05) is 18.2 Å². The van der Waals surface area contributed by atoms with E-state index in [9.17, 15) is 4.79 Å². The molecule has 0 unspecified atom stereocenters. The molecule has 106 valence electrons. The highest BCUT2D eigenvalue weighted by Gasteiger charge is 2.09. The minimum absolute atomic E-state index is 0.112. The fourth-order valence-corrected chi connectivity index (χ4v) is 2.90. The molecular weight excluding hydrogens is 306 g/mol. The Morgan fingerprint density at radius 2 is 2.19 bits per heavy atom. The van der Waals surface area contributed by atoms with Crippen LogP contribution in [0.3, 0.4) is 0 Å². The van der Waals surface area contributed by atoms with Crippen LogP contribution < -0.4 is 11.1 Å². The van der Waals surface area contributed by atoms with E-state index in [-0.39, 0.29) is 11.7 Å². The first-order valence-corrected chi connectivity index (χ1v) is 7.79. The van der Waals surface area contributed by atoms with Crippen LogP contribution in [0.2, 0.25) is 0 Å². The van der Waals surface area contributed by atoms with Crippen molar-refractivity contribution < 1.29 is 4.79 Å². The minimum atomic E-state index is -0.112. The van der Waals surface area contributed by atoms with Gasteiger partial charge in [0, 0.05) is 0 Å². The number of benzene rings is 1. The van der Waals surface area contributed by atoms with Crippen molar-refractivity contribution in [3.05, 3.63) is 36.5 Å². The van der Waals surface area contributed by atoms with Crippen LogP contribution in [0.5, 0.6) is 0 Å². The van der Waals surface area contributed by atoms with Crippen LogP contribution in [-0.2, 0) is 4.79 Å². The number of nitrogens with two attached hydrogens (primary N) is 1. The molecule has 0 bridgehead atoms. The minimum Gasteiger partial charge on any atom is -0.397 e. The second-order valence-electron chi connectivity index (χ2n) is 4.20. The van der Waals surface area contributed by atoms with E-state index in [1.165, 1.54) is 11.8 Å². The zero-order chi connectivity index (χ0) is 14.7. The second kappa shape index (κ2) is 6.06. The molecule has 0 aliphatic heterocycles. The van der Waals surface area contributed by atoms with Gasteiger partial charge in [0.2, 0.25) is 5.91 Å². The van der Waals surface area contributed by atoms with Crippen molar-refractivity contribution in [2.24, 2.45) is 0 Å². The topological polar surface area (TPSA) is 93.8 Å². The van der Waals surface area contributed by atoms with Crippen LogP contribution in [0.15, 0.2) is 41.6 Å². The van der Waals surface area contributed by atoms with Crippen molar-refractivity contribution in [3.8, 4) is 0 Å². The number of carbonyl (C=O) groups excluding carboxylic acids is 1. The molecule has 6 nitrogen and oxygen atoms in total. The largest absolute Gasteiger partial charge is 0.397 e. The van der Waals surface area contributed by atoms with Gasteiger partial charge in [0.1, 0.15) is 11.0 Å². The van der Waals surface area contributed by atoms with Crippen molar-refractivity contribution in [1.82, 2.24) is 13.7 Å². The molecule has 3 rings (SSSR count). The Bertz CT molecular complexity index is 772. The third-order valence-corrected chi connectivity index (χ3v) is 4.16. The molecule has 2 heterocycles. The maximum absolute atomic E-state index is 12.0. The number of fused-ring (bicyclic) bond motifs is 1. The summed E-state index contributed by atoms with van der Waals surface area (Å²) < 4.78 is 8.32. The number of hydrogen-bond donors (Lipinski definition) is 2. The zero-order valence-electron chi connectivity index (χ0n) is 10.8. The lowest BCUT2D eigenvalue weighted by Crippen LogP contribution is -2.14. The number of hydrogen-bond acceptors (Lipinski definition) is 7. The van der Waals surface area contributed by atoms with Gasteiger partial charge >= 0.3 is 0 Å². The van der Waals surface area contributed by atoms with E-state index in [1.54, 1.807) is 18.3 Å². The van der Waals surface area contributed by atoms with E-state index >= 15 is 0 Å². The molecule has 21 heavy (non-hydrogen) atoms. The quantitative estimate of drug-likeness (QED) is 0.718. The first kappa shape index (κ1) is 13.8. The van der Waals surface area contributed by atoms with Gasteiger partial charge < -0.3 is 11.1 Å². The lowest BCUT2D eigenvalue weighted by atomic mass is 10.2. The molecule has 3 N–H and O–H groups in total. The third kappa shape index (κ3) is 3.29. The summed E-state index contributed by atoms with van der Waals surface area (Å²) in [5.41, 5.74) is 8.34. The number of pyridine rings is 1. The Kier molecular flexibility index (Phi) is 3.98. The number of anilines is 2. The van der Waals surface area contributed by atoms with Crippen molar-refractivity contribution >= 4 is 51.8 Å². The standard InChI is InChI=1S/C13H11N5OS2/c14-8-4-5-12(15-6-8)20-7-11(19)16-9-2-1-3-10-13(9)18-21-17-10/h1-6H,7,14H2,(H,16,19). The SMILES string of the molecule is Nc1ccc(SCC(=O)Nc2cccc3nsnc23)nc1. The van der Waals surface area contributed by atoms with Gasteiger partial charge in [-0.1, -0.05) is 17.8 Å². The van der Waals surface area contributed by atoms with Crippen molar-refractivity contribution in [2.45, 2.75) is 5.03 Å². The van der Waals surface area contributed by atoms with Crippen LogP contribution in [0.1, 0.15) is 0 Å². The molecule has 2 aromatic heterocycles. The number of rotatable bonds is 4. The number of nitrogens with one attached hydrogen (secondary N) is 1. The molecule has 0 aliphatic carbocycles. The van der Waals surface area contributed by atoms with Gasteiger partial charge in [-0.3, -0.25) is 4.79 Å². The predicted molar refractivity (Wildman–Crippen MR) is 85.4 cm³/mol. The van der Waals surface area contributed by atoms with Crippen molar-refractivity contribution in [1.29, 1.82) is 0 Å². The first-order chi connectivity index (χ1) is 10.2. The van der Waals surface area contributed by atoms with Crippen LogP contribution in [-0.4, -0.2) is 25.4 Å². The Hall–Kier alpha value is -2.19. The lowest BCUT2D eigenvalue weighted by molar-refractivity contribution is -0.113. The number of thioether (sulfide) groups is 1. The van der Waals surface area contributed by atoms with Crippen LogP contribution >= 0.6 is 23.5 Å². The molecule has 1 amide bonds. The zero-order valence-corrected chi connectivity index (χ0v) is 12.4. The Balaban J connectivity index is 1.64. The number of carbonyl (C=O) groups is 1. The summed E-state index contributed by atoms with van der Waals surface area (Å²) in [6.45, 7) is 0. The molecule has 0 spiro atoms. The van der Waals surface area contributed by atoms with Gasteiger partial charge in [-0.15, -0.1) is 0 Å². The van der Waals surface area contributed by atoms with Gasteiger partial charge in [0.15, 0.2) is 0 Å². The molecule has 0 fully saturated rings.